The first-order valence-electron chi connectivity index (χ1n) is 4.83. The molecule has 0 aromatic carbocycles. The summed E-state index contributed by atoms with van der Waals surface area (Å²) in [5, 5.41) is 4.62. The lowest BCUT2D eigenvalue weighted by Crippen LogP contribution is -2.42. The van der Waals surface area contributed by atoms with Crippen molar-refractivity contribution in [2.75, 3.05) is 11.9 Å². The molecule has 0 aromatic heterocycles. The van der Waals surface area contributed by atoms with Gasteiger partial charge in [0.25, 0.3) is 0 Å². The van der Waals surface area contributed by atoms with E-state index in [1.54, 1.807) is 0 Å². The van der Waals surface area contributed by atoms with Crippen LogP contribution in [0.15, 0.2) is 0 Å². The second-order valence-electron chi connectivity index (χ2n) is 4.89. The van der Waals surface area contributed by atoms with Crippen LogP contribution in [0.25, 0.3) is 0 Å². The standard InChI is InChI=1S/C10H20BrN/c1-10(2,3)8-4-5-12-9(6-8)7-11/h8-9,12H,4-7H2,1-3H3/t8-,9+/m1/s1. The van der Waals surface area contributed by atoms with Gasteiger partial charge >= 0.3 is 0 Å². The zero-order valence-electron chi connectivity index (χ0n) is 8.36. The Balaban J connectivity index is 2.46. The zero-order valence-corrected chi connectivity index (χ0v) is 9.95. The highest BCUT2D eigenvalue weighted by molar-refractivity contribution is 9.09. The number of alkyl halides is 1. The molecule has 0 bridgehead atoms. The molecule has 72 valence electrons. The number of hydrogen-bond donors (Lipinski definition) is 1. The molecule has 2 heteroatoms. The molecule has 1 saturated heterocycles. The molecule has 1 aliphatic heterocycles. The van der Waals surface area contributed by atoms with Gasteiger partial charge in [0.05, 0.1) is 0 Å². The lowest BCUT2D eigenvalue weighted by Gasteiger charge is -2.37. The predicted octanol–water partition coefficient (Wildman–Crippen LogP) is 2.80. The van der Waals surface area contributed by atoms with E-state index in [4.69, 9.17) is 0 Å². The van der Waals surface area contributed by atoms with Crippen LogP contribution in [0.1, 0.15) is 33.6 Å². The average Bonchev–Trinajstić information content (AvgIpc) is 2.03. The average molecular weight is 234 g/mol. The van der Waals surface area contributed by atoms with Crippen molar-refractivity contribution in [3.63, 3.8) is 0 Å². The summed E-state index contributed by atoms with van der Waals surface area (Å²) >= 11 is 3.54. The summed E-state index contributed by atoms with van der Waals surface area (Å²) in [6, 6.07) is 0.697. The Morgan fingerprint density at radius 3 is 2.58 bits per heavy atom. The van der Waals surface area contributed by atoms with E-state index in [1.807, 2.05) is 0 Å². The van der Waals surface area contributed by atoms with Crippen LogP contribution in [0.2, 0.25) is 0 Å². The van der Waals surface area contributed by atoms with Crippen molar-refractivity contribution in [1.82, 2.24) is 5.32 Å². The fourth-order valence-corrected chi connectivity index (χ4v) is 2.40. The molecule has 0 amide bonds. The molecule has 2 atom stereocenters. The van der Waals surface area contributed by atoms with Gasteiger partial charge in [0, 0.05) is 11.4 Å². The van der Waals surface area contributed by atoms with Crippen molar-refractivity contribution < 1.29 is 0 Å². The lowest BCUT2D eigenvalue weighted by atomic mass is 9.74. The third-order valence-electron chi connectivity index (χ3n) is 2.91. The summed E-state index contributed by atoms with van der Waals surface area (Å²) in [6.45, 7) is 8.26. The summed E-state index contributed by atoms with van der Waals surface area (Å²) < 4.78 is 0. The third-order valence-corrected chi connectivity index (χ3v) is 3.69. The smallest absolute Gasteiger partial charge is 0.0186 e. The van der Waals surface area contributed by atoms with Crippen molar-refractivity contribution in [2.45, 2.75) is 39.7 Å². The predicted molar refractivity (Wildman–Crippen MR) is 57.8 cm³/mol. The second kappa shape index (κ2) is 4.10. The SMILES string of the molecule is CC(C)(C)[C@@H]1CCN[C@H](CBr)C1. The molecule has 0 radical (unpaired) electrons. The number of halogens is 1. The third kappa shape index (κ3) is 2.74. The van der Waals surface area contributed by atoms with Gasteiger partial charge in [0.2, 0.25) is 0 Å². The molecule has 1 N–H and O–H groups in total. The molecule has 0 aromatic rings. The Labute approximate surface area is 84.4 Å². The molecular formula is C10H20BrN. The summed E-state index contributed by atoms with van der Waals surface area (Å²) in [5.74, 6) is 0.890. The topological polar surface area (TPSA) is 12.0 Å². The number of nitrogens with one attached hydrogen (secondary N) is 1. The van der Waals surface area contributed by atoms with E-state index in [0.29, 0.717) is 11.5 Å². The van der Waals surface area contributed by atoms with E-state index in [1.165, 1.54) is 19.4 Å². The molecule has 0 unspecified atom stereocenters. The number of hydrogen-bond acceptors (Lipinski definition) is 1. The van der Waals surface area contributed by atoms with Crippen LogP contribution in [0.5, 0.6) is 0 Å². The minimum absolute atomic E-state index is 0.489. The molecule has 1 fully saturated rings. The van der Waals surface area contributed by atoms with Gasteiger partial charge in [-0.05, 0) is 30.7 Å². The number of rotatable bonds is 1. The normalized spacial score (nSPS) is 32.0. The molecular weight excluding hydrogens is 214 g/mol. The largest absolute Gasteiger partial charge is 0.313 e. The van der Waals surface area contributed by atoms with Crippen LogP contribution in [-0.2, 0) is 0 Å². The van der Waals surface area contributed by atoms with Gasteiger partial charge in [0.15, 0.2) is 0 Å². The summed E-state index contributed by atoms with van der Waals surface area (Å²) in [7, 11) is 0. The zero-order chi connectivity index (χ0) is 9.19. The van der Waals surface area contributed by atoms with E-state index < -0.39 is 0 Å². The highest BCUT2D eigenvalue weighted by Crippen LogP contribution is 2.34. The minimum atomic E-state index is 0.489. The highest BCUT2D eigenvalue weighted by Gasteiger charge is 2.29. The van der Waals surface area contributed by atoms with Gasteiger partial charge in [0.1, 0.15) is 0 Å². The summed E-state index contributed by atoms with van der Waals surface area (Å²) in [5.41, 5.74) is 0.489. The van der Waals surface area contributed by atoms with Crippen LogP contribution >= 0.6 is 15.9 Å². The monoisotopic (exact) mass is 233 g/mol. The van der Waals surface area contributed by atoms with E-state index in [-0.39, 0.29) is 0 Å². The van der Waals surface area contributed by atoms with Crippen LogP contribution in [0, 0.1) is 11.3 Å². The van der Waals surface area contributed by atoms with Gasteiger partial charge in [-0.1, -0.05) is 36.7 Å². The molecule has 0 aliphatic carbocycles. The maximum Gasteiger partial charge on any atom is 0.0186 e. The van der Waals surface area contributed by atoms with Crippen molar-refractivity contribution in [1.29, 1.82) is 0 Å². The first kappa shape index (κ1) is 10.5. The Morgan fingerprint density at radius 2 is 2.08 bits per heavy atom. The molecule has 1 nitrogen and oxygen atoms in total. The Hall–Kier alpha value is 0.440. The van der Waals surface area contributed by atoms with Gasteiger partial charge in [-0.2, -0.15) is 0 Å². The molecule has 0 spiro atoms. The molecule has 12 heavy (non-hydrogen) atoms. The summed E-state index contributed by atoms with van der Waals surface area (Å²) in [4.78, 5) is 0. The van der Waals surface area contributed by atoms with E-state index in [0.717, 1.165) is 11.2 Å². The molecule has 1 aliphatic rings. The van der Waals surface area contributed by atoms with E-state index >= 15 is 0 Å². The highest BCUT2D eigenvalue weighted by atomic mass is 79.9. The minimum Gasteiger partial charge on any atom is -0.313 e. The van der Waals surface area contributed by atoms with Gasteiger partial charge in [-0.15, -0.1) is 0 Å². The molecule has 1 heterocycles. The van der Waals surface area contributed by atoms with Crippen LogP contribution in [0.3, 0.4) is 0 Å². The Morgan fingerprint density at radius 1 is 1.42 bits per heavy atom. The van der Waals surface area contributed by atoms with E-state index in [2.05, 4.69) is 42.0 Å². The van der Waals surface area contributed by atoms with Gasteiger partial charge in [-0.25, -0.2) is 0 Å². The maximum atomic E-state index is 3.54. The molecule has 1 rings (SSSR count). The van der Waals surface area contributed by atoms with Gasteiger partial charge < -0.3 is 5.32 Å². The fraction of sp³-hybridized carbons (Fsp3) is 1.00. The van der Waals surface area contributed by atoms with Crippen LogP contribution in [0.4, 0.5) is 0 Å². The van der Waals surface area contributed by atoms with Gasteiger partial charge in [-0.3, -0.25) is 0 Å². The summed E-state index contributed by atoms with van der Waals surface area (Å²) in [6.07, 6.45) is 2.67. The first-order valence-corrected chi connectivity index (χ1v) is 5.95. The number of piperidine rings is 1. The van der Waals surface area contributed by atoms with Crippen molar-refractivity contribution in [3.8, 4) is 0 Å². The Bertz CT molecular complexity index is 139. The van der Waals surface area contributed by atoms with Crippen LogP contribution in [-0.4, -0.2) is 17.9 Å². The maximum absolute atomic E-state index is 3.54. The van der Waals surface area contributed by atoms with E-state index in [9.17, 15) is 0 Å². The fourth-order valence-electron chi connectivity index (χ4n) is 1.91. The first-order chi connectivity index (χ1) is 5.54. The molecule has 0 saturated carbocycles. The van der Waals surface area contributed by atoms with Crippen molar-refractivity contribution in [3.05, 3.63) is 0 Å². The quantitative estimate of drug-likeness (QED) is 0.688. The Kier molecular flexibility index (Phi) is 3.59. The van der Waals surface area contributed by atoms with Crippen molar-refractivity contribution >= 4 is 15.9 Å². The van der Waals surface area contributed by atoms with Crippen molar-refractivity contribution in [2.24, 2.45) is 11.3 Å². The van der Waals surface area contributed by atoms with Crippen LogP contribution < -0.4 is 5.32 Å². The lowest BCUT2D eigenvalue weighted by molar-refractivity contribution is 0.167. The second-order valence-corrected chi connectivity index (χ2v) is 5.54.